The quantitative estimate of drug-likeness (QED) is 0.751. The average Bonchev–Trinajstić information content (AvgIpc) is 3.14. The fourth-order valence-electron chi connectivity index (χ4n) is 2.04. The molecule has 0 bridgehead atoms. The number of aromatic nitrogens is 1. The van der Waals surface area contributed by atoms with Gasteiger partial charge in [-0.15, -0.1) is 0 Å². The van der Waals surface area contributed by atoms with Gasteiger partial charge in [-0.2, -0.15) is 0 Å². The molecule has 108 valence electrons. The van der Waals surface area contributed by atoms with Gasteiger partial charge in [0.05, 0.1) is 12.7 Å². The molecular weight excluding hydrogens is 268 g/mol. The number of rotatable bonds is 5. The molecule has 0 amide bonds. The molecule has 3 rings (SSSR count). The van der Waals surface area contributed by atoms with Gasteiger partial charge in [-0.25, -0.2) is 4.98 Å². The summed E-state index contributed by atoms with van der Waals surface area (Å²) in [5.41, 5.74) is 1.87. The Balaban J connectivity index is 1.71. The third-order valence-corrected chi connectivity index (χ3v) is 3.07. The number of aliphatic hydroxyl groups is 1. The van der Waals surface area contributed by atoms with E-state index in [9.17, 15) is 0 Å². The molecule has 2 N–H and O–H groups in total. The van der Waals surface area contributed by atoms with Crippen molar-refractivity contribution in [2.24, 2.45) is 0 Å². The Labute approximate surface area is 122 Å². The molecule has 5 heteroatoms. The van der Waals surface area contributed by atoms with Crippen LogP contribution in [0.3, 0.4) is 0 Å². The van der Waals surface area contributed by atoms with E-state index in [0.29, 0.717) is 18.2 Å². The van der Waals surface area contributed by atoms with Gasteiger partial charge in [-0.3, -0.25) is 0 Å². The molecule has 0 aliphatic heterocycles. The van der Waals surface area contributed by atoms with Gasteiger partial charge < -0.3 is 19.3 Å². The summed E-state index contributed by atoms with van der Waals surface area (Å²) in [5, 5.41) is 12.2. The van der Waals surface area contributed by atoms with Crippen LogP contribution in [0.15, 0.2) is 51.4 Å². The number of aliphatic hydroxyl groups excluding tert-OH is 1. The highest BCUT2D eigenvalue weighted by Gasteiger charge is 2.06. The van der Waals surface area contributed by atoms with Crippen molar-refractivity contribution < 1.29 is 13.9 Å². The standard InChI is InChI=1S/C16H16N2O3/c1-11-8-18-16(20-11)12-3-2-4-13(7-12)17-9-14-5-6-15(10-19)21-14/h2-8,17,19H,9-10H2,1H3. The van der Waals surface area contributed by atoms with Crippen molar-refractivity contribution in [2.75, 3.05) is 5.32 Å². The van der Waals surface area contributed by atoms with E-state index in [-0.39, 0.29) is 6.61 Å². The molecule has 0 spiro atoms. The highest BCUT2D eigenvalue weighted by Crippen LogP contribution is 2.22. The maximum absolute atomic E-state index is 8.97. The zero-order chi connectivity index (χ0) is 14.7. The third kappa shape index (κ3) is 3.14. The predicted molar refractivity (Wildman–Crippen MR) is 78.6 cm³/mol. The first-order valence-electron chi connectivity index (χ1n) is 6.70. The second kappa shape index (κ2) is 5.85. The predicted octanol–water partition coefficient (Wildman–Crippen LogP) is 3.35. The monoisotopic (exact) mass is 284 g/mol. The zero-order valence-electron chi connectivity index (χ0n) is 11.7. The second-order valence-corrected chi connectivity index (χ2v) is 4.74. The van der Waals surface area contributed by atoms with Crippen molar-refractivity contribution in [2.45, 2.75) is 20.1 Å². The Bertz CT molecular complexity index is 730. The summed E-state index contributed by atoms with van der Waals surface area (Å²) in [6.45, 7) is 2.33. The number of anilines is 1. The van der Waals surface area contributed by atoms with Crippen LogP contribution in [-0.4, -0.2) is 10.1 Å². The first-order valence-corrected chi connectivity index (χ1v) is 6.70. The summed E-state index contributed by atoms with van der Waals surface area (Å²) in [4.78, 5) is 4.22. The number of oxazole rings is 1. The molecular formula is C16H16N2O3. The van der Waals surface area contributed by atoms with Crippen molar-refractivity contribution in [3.8, 4) is 11.5 Å². The number of nitrogens with one attached hydrogen (secondary N) is 1. The number of hydrogen-bond donors (Lipinski definition) is 2. The number of hydrogen-bond acceptors (Lipinski definition) is 5. The van der Waals surface area contributed by atoms with Gasteiger partial charge in [0.1, 0.15) is 23.9 Å². The number of furan rings is 1. The van der Waals surface area contributed by atoms with E-state index >= 15 is 0 Å². The maximum atomic E-state index is 8.97. The lowest BCUT2D eigenvalue weighted by Crippen LogP contribution is -1.98. The molecule has 21 heavy (non-hydrogen) atoms. The van der Waals surface area contributed by atoms with Crippen LogP contribution in [0.25, 0.3) is 11.5 Å². The zero-order valence-corrected chi connectivity index (χ0v) is 11.7. The lowest BCUT2D eigenvalue weighted by Gasteiger charge is -2.05. The van der Waals surface area contributed by atoms with Crippen molar-refractivity contribution in [1.29, 1.82) is 0 Å². The van der Waals surface area contributed by atoms with E-state index in [1.54, 1.807) is 12.3 Å². The number of benzene rings is 1. The van der Waals surface area contributed by atoms with Crippen molar-refractivity contribution in [1.82, 2.24) is 4.98 Å². The van der Waals surface area contributed by atoms with Crippen LogP contribution in [-0.2, 0) is 13.2 Å². The Hall–Kier alpha value is -2.53. The van der Waals surface area contributed by atoms with Crippen LogP contribution >= 0.6 is 0 Å². The summed E-state index contributed by atoms with van der Waals surface area (Å²) in [7, 11) is 0. The van der Waals surface area contributed by atoms with Gasteiger partial charge >= 0.3 is 0 Å². The van der Waals surface area contributed by atoms with E-state index in [1.165, 1.54) is 0 Å². The molecule has 2 heterocycles. The summed E-state index contributed by atoms with van der Waals surface area (Å²) in [6.07, 6.45) is 1.70. The van der Waals surface area contributed by atoms with Gasteiger partial charge in [0.25, 0.3) is 0 Å². The minimum atomic E-state index is -0.0843. The summed E-state index contributed by atoms with van der Waals surface area (Å²) in [6, 6.07) is 11.4. The Kier molecular flexibility index (Phi) is 3.75. The van der Waals surface area contributed by atoms with Crippen LogP contribution in [0.1, 0.15) is 17.3 Å². The highest BCUT2D eigenvalue weighted by molar-refractivity contribution is 5.61. The molecule has 0 saturated heterocycles. The fraction of sp³-hybridized carbons (Fsp3) is 0.188. The van der Waals surface area contributed by atoms with E-state index < -0.39 is 0 Å². The highest BCUT2D eigenvalue weighted by atomic mass is 16.4. The fourth-order valence-corrected chi connectivity index (χ4v) is 2.04. The largest absolute Gasteiger partial charge is 0.462 e. The van der Waals surface area contributed by atoms with E-state index in [4.69, 9.17) is 13.9 Å². The average molecular weight is 284 g/mol. The normalized spacial score (nSPS) is 10.8. The van der Waals surface area contributed by atoms with Crippen LogP contribution in [0.4, 0.5) is 5.69 Å². The first kappa shape index (κ1) is 13.5. The third-order valence-electron chi connectivity index (χ3n) is 3.07. The first-order chi connectivity index (χ1) is 10.2. The summed E-state index contributed by atoms with van der Waals surface area (Å²) in [5.74, 6) is 2.74. The second-order valence-electron chi connectivity index (χ2n) is 4.74. The molecule has 2 aromatic heterocycles. The number of aryl methyl sites for hydroxylation is 1. The Morgan fingerprint density at radius 1 is 1.14 bits per heavy atom. The molecule has 5 nitrogen and oxygen atoms in total. The Morgan fingerprint density at radius 2 is 2.00 bits per heavy atom. The molecule has 0 aliphatic rings. The molecule has 0 unspecified atom stereocenters. The minimum Gasteiger partial charge on any atom is -0.462 e. The van der Waals surface area contributed by atoms with Crippen LogP contribution in [0.5, 0.6) is 0 Å². The van der Waals surface area contributed by atoms with Crippen LogP contribution in [0, 0.1) is 6.92 Å². The lowest BCUT2D eigenvalue weighted by atomic mass is 10.2. The topological polar surface area (TPSA) is 71.4 Å². The van der Waals surface area contributed by atoms with Gasteiger partial charge in [-0.05, 0) is 37.3 Å². The van der Waals surface area contributed by atoms with Gasteiger partial charge in [0.15, 0.2) is 0 Å². The van der Waals surface area contributed by atoms with Gasteiger partial charge in [0.2, 0.25) is 5.89 Å². The minimum absolute atomic E-state index is 0.0843. The van der Waals surface area contributed by atoms with E-state index in [1.807, 2.05) is 37.3 Å². The maximum Gasteiger partial charge on any atom is 0.226 e. The van der Waals surface area contributed by atoms with Crippen molar-refractivity contribution in [3.05, 3.63) is 59.9 Å². The molecule has 3 aromatic rings. The lowest BCUT2D eigenvalue weighted by molar-refractivity contribution is 0.244. The molecule has 0 saturated carbocycles. The van der Waals surface area contributed by atoms with Crippen molar-refractivity contribution in [3.63, 3.8) is 0 Å². The van der Waals surface area contributed by atoms with E-state index in [0.717, 1.165) is 22.8 Å². The van der Waals surface area contributed by atoms with Gasteiger partial charge in [0, 0.05) is 11.3 Å². The van der Waals surface area contributed by atoms with Gasteiger partial charge in [-0.1, -0.05) is 6.07 Å². The van der Waals surface area contributed by atoms with Crippen molar-refractivity contribution >= 4 is 5.69 Å². The molecule has 0 aliphatic carbocycles. The molecule has 0 fully saturated rings. The molecule has 1 aromatic carbocycles. The number of nitrogens with zero attached hydrogens (tertiary/aromatic N) is 1. The molecule has 0 atom stereocenters. The summed E-state index contributed by atoms with van der Waals surface area (Å²) >= 11 is 0. The molecule has 0 radical (unpaired) electrons. The van der Waals surface area contributed by atoms with E-state index in [2.05, 4.69) is 10.3 Å². The Morgan fingerprint density at radius 3 is 2.71 bits per heavy atom. The smallest absolute Gasteiger partial charge is 0.226 e. The summed E-state index contributed by atoms with van der Waals surface area (Å²) < 4.78 is 10.9. The SMILES string of the molecule is Cc1cnc(-c2cccc(NCc3ccc(CO)o3)c2)o1. The van der Waals surface area contributed by atoms with Crippen LogP contribution < -0.4 is 5.32 Å². The van der Waals surface area contributed by atoms with Crippen LogP contribution in [0.2, 0.25) is 0 Å².